The Hall–Kier alpha value is -2.59. The number of fused-ring (bicyclic) bond motifs is 1. The summed E-state index contributed by atoms with van der Waals surface area (Å²) in [4.78, 5) is 13.6. The van der Waals surface area contributed by atoms with Crippen molar-refractivity contribution in [2.24, 2.45) is 0 Å². The molecule has 1 aromatic heterocycles. The third-order valence-electron chi connectivity index (χ3n) is 4.75. The molecule has 4 heteroatoms. The van der Waals surface area contributed by atoms with Crippen LogP contribution in [0.25, 0.3) is 11.1 Å². The Labute approximate surface area is 157 Å². The molecule has 0 spiro atoms. The number of anilines is 1. The first-order chi connectivity index (χ1) is 12.7. The number of aryl methyl sites for hydroxylation is 1. The average Bonchev–Trinajstić information content (AvgIpc) is 3.06. The highest BCUT2D eigenvalue weighted by atomic mass is 32.1. The van der Waals surface area contributed by atoms with Crippen molar-refractivity contribution in [3.05, 3.63) is 69.9 Å². The number of nitrogens with one attached hydrogen (secondary N) is 1. The van der Waals surface area contributed by atoms with Gasteiger partial charge in [0.15, 0.2) is 0 Å². The highest BCUT2D eigenvalue weighted by Gasteiger charge is 2.30. The predicted molar refractivity (Wildman–Crippen MR) is 107 cm³/mol. The molecular formula is C22H21NO2S. The Morgan fingerprint density at radius 3 is 2.54 bits per heavy atom. The summed E-state index contributed by atoms with van der Waals surface area (Å²) >= 11 is 1.72. The van der Waals surface area contributed by atoms with Gasteiger partial charge in [0.2, 0.25) is 5.91 Å². The second-order valence-electron chi connectivity index (χ2n) is 6.56. The highest BCUT2D eigenvalue weighted by molar-refractivity contribution is 7.11. The van der Waals surface area contributed by atoms with Crippen LogP contribution in [0.3, 0.4) is 0 Å². The van der Waals surface area contributed by atoms with Crippen LogP contribution in [-0.2, 0) is 4.79 Å². The first kappa shape index (κ1) is 16.9. The zero-order valence-corrected chi connectivity index (χ0v) is 15.7. The van der Waals surface area contributed by atoms with Gasteiger partial charge >= 0.3 is 0 Å². The van der Waals surface area contributed by atoms with Crippen molar-refractivity contribution in [3.8, 4) is 16.9 Å². The molecule has 3 nitrogen and oxygen atoms in total. The van der Waals surface area contributed by atoms with E-state index < -0.39 is 0 Å². The van der Waals surface area contributed by atoms with Crippen LogP contribution in [0.15, 0.2) is 53.9 Å². The summed E-state index contributed by atoms with van der Waals surface area (Å²) in [7, 11) is 0. The number of carbonyl (C=O) groups excluding carboxylic acids is 1. The van der Waals surface area contributed by atoms with E-state index in [2.05, 4.69) is 54.0 Å². The third kappa shape index (κ3) is 3.13. The van der Waals surface area contributed by atoms with E-state index in [4.69, 9.17) is 4.74 Å². The van der Waals surface area contributed by atoms with Gasteiger partial charge in [-0.05, 0) is 37.1 Å². The summed E-state index contributed by atoms with van der Waals surface area (Å²) in [5.74, 6) is 1.03. The van der Waals surface area contributed by atoms with E-state index in [1.54, 1.807) is 11.3 Å². The lowest BCUT2D eigenvalue weighted by molar-refractivity contribution is -0.116. The monoisotopic (exact) mass is 363 g/mol. The topological polar surface area (TPSA) is 38.3 Å². The molecule has 0 saturated carbocycles. The van der Waals surface area contributed by atoms with Gasteiger partial charge in [0.25, 0.3) is 0 Å². The van der Waals surface area contributed by atoms with E-state index >= 15 is 0 Å². The molecule has 132 valence electrons. The van der Waals surface area contributed by atoms with Gasteiger partial charge in [-0.25, -0.2) is 0 Å². The maximum Gasteiger partial charge on any atom is 0.225 e. The standard InChI is InChI=1S/C22H21NO2S/c1-3-25-17-10-8-15(9-11-17)18-12-20(24)23-21-19(13-26-22(18)21)16-6-4-14(2)5-7-16/h4-11,13,18H,3,12H2,1-2H3,(H,23,24). The van der Waals surface area contributed by atoms with Crippen molar-refractivity contribution >= 4 is 22.9 Å². The van der Waals surface area contributed by atoms with E-state index in [-0.39, 0.29) is 11.8 Å². The number of rotatable bonds is 4. The summed E-state index contributed by atoms with van der Waals surface area (Å²) in [5.41, 5.74) is 5.60. The molecule has 1 N–H and O–H groups in total. The summed E-state index contributed by atoms with van der Waals surface area (Å²) < 4.78 is 5.53. The van der Waals surface area contributed by atoms with E-state index in [1.165, 1.54) is 10.4 Å². The highest BCUT2D eigenvalue weighted by Crippen LogP contribution is 2.46. The lowest BCUT2D eigenvalue weighted by atomic mass is 9.89. The number of carbonyl (C=O) groups is 1. The fourth-order valence-electron chi connectivity index (χ4n) is 3.40. The summed E-state index contributed by atoms with van der Waals surface area (Å²) in [6, 6.07) is 16.6. The van der Waals surface area contributed by atoms with Gasteiger partial charge in [-0.1, -0.05) is 42.0 Å². The van der Waals surface area contributed by atoms with Crippen LogP contribution in [0.2, 0.25) is 0 Å². The van der Waals surface area contributed by atoms with E-state index in [0.29, 0.717) is 13.0 Å². The van der Waals surface area contributed by atoms with E-state index in [9.17, 15) is 4.79 Å². The first-order valence-electron chi connectivity index (χ1n) is 8.86. The van der Waals surface area contributed by atoms with E-state index in [0.717, 1.165) is 28.1 Å². The third-order valence-corrected chi connectivity index (χ3v) is 5.84. The van der Waals surface area contributed by atoms with Crippen molar-refractivity contribution in [2.75, 3.05) is 11.9 Å². The number of hydrogen-bond donors (Lipinski definition) is 1. The van der Waals surface area contributed by atoms with Gasteiger partial charge in [0, 0.05) is 28.2 Å². The Kier molecular flexibility index (Phi) is 4.51. The van der Waals surface area contributed by atoms with Crippen molar-refractivity contribution in [3.63, 3.8) is 0 Å². The smallest absolute Gasteiger partial charge is 0.225 e. The largest absolute Gasteiger partial charge is 0.494 e. The lowest BCUT2D eigenvalue weighted by Gasteiger charge is -2.24. The average molecular weight is 363 g/mol. The van der Waals surface area contributed by atoms with Crippen LogP contribution < -0.4 is 10.1 Å². The molecule has 26 heavy (non-hydrogen) atoms. The minimum Gasteiger partial charge on any atom is -0.494 e. The molecule has 0 saturated heterocycles. The van der Waals surface area contributed by atoms with Gasteiger partial charge < -0.3 is 10.1 Å². The summed E-state index contributed by atoms with van der Waals surface area (Å²) in [6.07, 6.45) is 0.481. The van der Waals surface area contributed by atoms with E-state index in [1.807, 2.05) is 19.1 Å². The summed E-state index contributed by atoms with van der Waals surface area (Å²) in [6.45, 7) is 4.71. The molecule has 1 aliphatic rings. The summed E-state index contributed by atoms with van der Waals surface area (Å²) in [5, 5.41) is 5.26. The molecule has 2 heterocycles. The molecule has 0 radical (unpaired) electrons. The van der Waals surface area contributed by atoms with Crippen LogP contribution in [0, 0.1) is 6.92 Å². The minimum atomic E-state index is 0.0724. The lowest BCUT2D eigenvalue weighted by Crippen LogP contribution is -2.22. The quantitative estimate of drug-likeness (QED) is 0.655. The molecule has 3 aromatic rings. The molecule has 0 bridgehead atoms. The second kappa shape index (κ2) is 6.96. The zero-order valence-electron chi connectivity index (χ0n) is 14.9. The Bertz CT molecular complexity index is 926. The Morgan fingerprint density at radius 2 is 1.85 bits per heavy atom. The van der Waals surface area contributed by atoms with Crippen LogP contribution in [0.5, 0.6) is 5.75 Å². The van der Waals surface area contributed by atoms with Gasteiger partial charge in [-0.3, -0.25) is 4.79 Å². The molecule has 0 aliphatic carbocycles. The Balaban J connectivity index is 1.72. The number of thiophene rings is 1. The van der Waals surface area contributed by atoms with Crippen LogP contribution in [-0.4, -0.2) is 12.5 Å². The van der Waals surface area contributed by atoms with Crippen molar-refractivity contribution in [1.82, 2.24) is 0 Å². The minimum absolute atomic E-state index is 0.0724. The van der Waals surface area contributed by atoms with Gasteiger partial charge in [-0.2, -0.15) is 0 Å². The molecular weight excluding hydrogens is 342 g/mol. The first-order valence-corrected chi connectivity index (χ1v) is 9.74. The van der Waals surface area contributed by atoms with Gasteiger partial charge in [-0.15, -0.1) is 11.3 Å². The predicted octanol–water partition coefficient (Wildman–Crippen LogP) is 5.60. The number of hydrogen-bond acceptors (Lipinski definition) is 3. The van der Waals surface area contributed by atoms with Crippen LogP contribution >= 0.6 is 11.3 Å². The molecule has 1 aliphatic heterocycles. The number of amides is 1. The van der Waals surface area contributed by atoms with Crippen LogP contribution in [0.1, 0.15) is 35.3 Å². The van der Waals surface area contributed by atoms with Gasteiger partial charge in [0.1, 0.15) is 5.75 Å². The molecule has 4 rings (SSSR count). The van der Waals surface area contributed by atoms with Crippen molar-refractivity contribution in [1.29, 1.82) is 0 Å². The second-order valence-corrected chi connectivity index (χ2v) is 7.47. The number of benzene rings is 2. The molecule has 2 aromatic carbocycles. The zero-order chi connectivity index (χ0) is 18.1. The number of ether oxygens (including phenoxy) is 1. The molecule has 1 unspecified atom stereocenters. The van der Waals surface area contributed by atoms with Crippen molar-refractivity contribution in [2.45, 2.75) is 26.2 Å². The maximum atomic E-state index is 12.4. The SMILES string of the molecule is CCOc1ccc(C2CC(=O)Nc3c(-c4ccc(C)cc4)csc32)cc1. The normalized spacial score (nSPS) is 16.1. The molecule has 1 amide bonds. The molecule has 1 atom stereocenters. The fourth-order valence-corrected chi connectivity index (χ4v) is 4.57. The molecule has 0 fully saturated rings. The van der Waals surface area contributed by atoms with Crippen molar-refractivity contribution < 1.29 is 9.53 Å². The van der Waals surface area contributed by atoms with Gasteiger partial charge in [0.05, 0.1) is 12.3 Å². The Morgan fingerprint density at radius 1 is 1.12 bits per heavy atom. The maximum absolute atomic E-state index is 12.4. The fraction of sp³-hybridized carbons (Fsp3) is 0.227. The van der Waals surface area contributed by atoms with Crippen LogP contribution in [0.4, 0.5) is 5.69 Å².